The van der Waals surface area contributed by atoms with Crippen molar-refractivity contribution in [1.82, 2.24) is 4.90 Å². The fourth-order valence-electron chi connectivity index (χ4n) is 2.26. The van der Waals surface area contributed by atoms with Crippen LogP contribution in [0.2, 0.25) is 0 Å². The lowest BCUT2D eigenvalue weighted by molar-refractivity contribution is -0.137. The highest BCUT2D eigenvalue weighted by Gasteiger charge is 2.43. The summed E-state index contributed by atoms with van der Waals surface area (Å²) in [6, 6.07) is 18.3. The zero-order chi connectivity index (χ0) is 15.5. The molecule has 0 bridgehead atoms. The number of likely N-dealkylation sites (tertiary alicyclic amines) is 1. The van der Waals surface area contributed by atoms with Crippen molar-refractivity contribution >= 4 is 34.8 Å². The van der Waals surface area contributed by atoms with Crippen LogP contribution >= 0.6 is 11.6 Å². The Labute approximate surface area is 133 Å². The third-order valence-electron chi connectivity index (χ3n) is 3.38. The van der Waals surface area contributed by atoms with E-state index in [0.29, 0.717) is 5.69 Å². The van der Waals surface area contributed by atoms with E-state index in [-0.39, 0.29) is 12.3 Å². The molecular weight excluding hydrogens is 300 g/mol. The summed E-state index contributed by atoms with van der Waals surface area (Å²) in [7, 11) is 0. The van der Waals surface area contributed by atoms with Crippen molar-refractivity contribution < 1.29 is 9.59 Å². The summed E-state index contributed by atoms with van der Waals surface area (Å²) in [6.45, 7) is 0.204. The second kappa shape index (κ2) is 6.12. The Kier molecular flexibility index (Phi) is 4.02. The summed E-state index contributed by atoms with van der Waals surface area (Å²) < 4.78 is 0. The van der Waals surface area contributed by atoms with E-state index in [9.17, 15) is 9.59 Å². The maximum atomic E-state index is 12.4. The number of hydrogen-bond donors (Lipinski definition) is 0. The van der Waals surface area contributed by atoms with Crippen LogP contribution in [0.3, 0.4) is 0 Å². The number of benzene rings is 2. The quantitative estimate of drug-likeness (QED) is 0.646. The van der Waals surface area contributed by atoms with E-state index in [1.54, 1.807) is 12.1 Å². The minimum atomic E-state index is -1.03. The van der Waals surface area contributed by atoms with Gasteiger partial charge in [0, 0.05) is 0 Å². The van der Waals surface area contributed by atoms with Gasteiger partial charge in [0.05, 0.1) is 12.2 Å². The second-order valence-electron chi connectivity index (χ2n) is 4.91. The van der Waals surface area contributed by atoms with E-state index in [2.05, 4.69) is 4.99 Å². The van der Waals surface area contributed by atoms with Gasteiger partial charge in [0.25, 0.3) is 11.8 Å². The first-order valence-electron chi connectivity index (χ1n) is 6.84. The van der Waals surface area contributed by atoms with Crippen molar-refractivity contribution in [3.05, 3.63) is 66.2 Å². The minimum absolute atomic E-state index is 0.0776. The Hall–Kier alpha value is -2.46. The normalized spacial score (nSPS) is 20.0. The minimum Gasteiger partial charge on any atom is -0.272 e. The van der Waals surface area contributed by atoms with E-state index in [4.69, 9.17) is 11.6 Å². The molecule has 1 saturated heterocycles. The summed E-state index contributed by atoms with van der Waals surface area (Å²) in [5, 5.41) is -1.03. The number of carbonyl (C=O) groups is 2. The Morgan fingerprint density at radius 1 is 0.955 bits per heavy atom. The molecule has 0 aromatic heterocycles. The predicted molar refractivity (Wildman–Crippen MR) is 85.2 cm³/mol. The van der Waals surface area contributed by atoms with Gasteiger partial charge in [0.2, 0.25) is 0 Å². The van der Waals surface area contributed by atoms with Gasteiger partial charge in [-0.15, -0.1) is 11.6 Å². The lowest BCUT2D eigenvalue weighted by Crippen LogP contribution is -2.30. The first kappa shape index (κ1) is 14.5. The third-order valence-corrected chi connectivity index (χ3v) is 3.77. The first-order chi connectivity index (χ1) is 10.7. The van der Waals surface area contributed by atoms with Crippen LogP contribution in [0.4, 0.5) is 5.69 Å². The zero-order valence-corrected chi connectivity index (χ0v) is 12.4. The van der Waals surface area contributed by atoms with Crippen molar-refractivity contribution in [3.8, 4) is 0 Å². The molecule has 110 valence electrons. The molecule has 0 spiro atoms. The fraction of sp³-hybridized carbons (Fsp3) is 0.118. The van der Waals surface area contributed by atoms with Crippen LogP contribution in [0.1, 0.15) is 5.56 Å². The molecule has 0 N–H and O–H groups in total. The van der Waals surface area contributed by atoms with Crippen molar-refractivity contribution in [1.29, 1.82) is 0 Å². The number of hydrogen-bond acceptors (Lipinski definition) is 3. The van der Waals surface area contributed by atoms with E-state index in [1.165, 1.54) is 0 Å². The molecule has 1 aliphatic heterocycles. The Morgan fingerprint density at radius 3 is 2.18 bits per heavy atom. The van der Waals surface area contributed by atoms with E-state index in [1.807, 2.05) is 48.5 Å². The highest BCUT2D eigenvalue weighted by atomic mass is 35.5. The summed E-state index contributed by atoms with van der Waals surface area (Å²) >= 11 is 6.09. The molecule has 5 heteroatoms. The molecule has 4 nitrogen and oxygen atoms in total. The molecule has 1 heterocycles. The van der Waals surface area contributed by atoms with Crippen LogP contribution in [-0.2, 0) is 16.1 Å². The molecule has 1 atom stereocenters. The highest BCUT2D eigenvalue weighted by Crippen LogP contribution is 2.22. The van der Waals surface area contributed by atoms with Gasteiger partial charge in [-0.1, -0.05) is 48.5 Å². The van der Waals surface area contributed by atoms with Crippen molar-refractivity contribution in [2.45, 2.75) is 11.9 Å². The molecule has 1 unspecified atom stereocenters. The molecule has 1 aliphatic rings. The Balaban J connectivity index is 1.88. The fourth-order valence-corrected chi connectivity index (χ4v) is 2.52. The van der Waals surface area contributed by atoms with Crippen LogP contribution in [0, 0.1) is 0 Å². The molecular formula is C17H13ClN2O2. The lowest BCUT2D eigenvalue weighted by atomic mass is 10.2. The second-order valence-corrected chi connectivity index (χ2v) is 5.35. The average molecular weight is 313 g/mol. The van der Waals surface area contributed by atoms with Gasteiger partial charge < -0.3 is 0 Å². The van der Waals surface area contributed by atoms with E-state index >= 15 is 0 Å². The highest BCUT2D eigenvalue weighted by molar-refractivity contribution is 6.63. The van der Waals surface area contributed by atoms with E-state index < -0.39 is 17.2 Å². The van der Waals surface area contributed by atoms with Crippen LogP contribution in [0.25, 0.3) is 0 Å². The largest absolute Gasteiger partial charge is 0.277 e. The zero-order valence-electron chi connectivity index (χ0n) is 11.6. The summed E-state index contributed by atoms with van der Waals surface area (Å²) in [5.74, 6) is -0.858. The maximum Gasteiger partial charge on any atom is 0.277 e. The molecule has 0 radical (unpaired) electrons. The monoisotopic (exact) mass is 312 g/mol. The van der Waals surface area contributed by atoms with Crippen molar-refractivity contribution in [3.63, 3.8) is 0 Å². The van der Waals surface area contributed by atoms with Gasteiger partial charge in [-0.05, 0) is 17.7 Å². The summed E-state index contributed by atoms with van der Waals surface area (Å²) in [4.78, 5) is 30.0. The smallest absolute Gasteiger partial charge is 0.272 e. The number of rotatable bonds is 3. The number of para-hydroxylation sites is 1. The number of halogens is 1. The number of aliphatic imine (C=N–C) groups is 1. The van der Waals surface area contributed by atoms with Crippen LogP contribution in [0.5, 0.6) is 0 Å². The number of carbonyl (C=O) groups excluding carboxylic acids is 2. The maximum absolute atomic E-state index is 12.4. The van der Waals surface area contributed by atoms with E-state index in [0.717, 1.165) is 10.5 Å². The first-order valence-corrected chi connectivity index (χ1v) is 7.28. The summed E-state index contributed by atoms with van der Waals surface area (Å²) in [6.07, 6.45) is 0. The van der Waals surface area contributed by atoms with Crippen LogP contribution < -0.4 is 0 Å². The lowest BCUT2D eigenvalue weighted by Gasteiger charge is -2.12. The molecule has 2 aromatic carbocycles. The average Bonchev–Trinajstić information content (AvgIpc) is 2.75. The van der Waals surface area contributed by atoms with Gasteiger partial charge in [-0.2, -0.15) is 0 Å². The van der Waals surface area contributed by atoms with Crippen molar-refractivity contribution in [2.75, 3.05) is 0 Å². The molecule has 0 aliphatic carbocycles. The number of nitrogens with zero attached hydrogens (tertiary/aromatic N) is 2. The van der Waals surface area contributed by atoms with Crippen molar-refractivity contribution in [2.24, 2.45) is 4.99 Å². The molecule has 3 rings (SSSR count). The van der Waals surface area contributed by atoms with Gasteiger partial charge >= 0.3 is 0 Å². The Bertz CT molecular complexity index is 729. The van der Waals surface area contributed by atoms with Crippen LogP contribution in [0.15, 0.2) is 65.7 Å². The molecule has 2 aromatic rings. The number of imide groups is 1. The SMILES string of the molecule is O=C1C(=Nc2ccccc2)C(Cl)C(=O)N1Cc1ccccc1. The molecule has 1 fully saturated rings. The molecule has 2 amide bonds. The Morgan fingerprint density at radius 2 is 1.55 bits per heavy atom. The van der Waals surface area contributed by atoms with Crippen LogP contribution in [-0.4, -0.2) is 27.8 Å². The molecule has 0 saturated carbocycles. The summed E-state index contributed by atoms with van der Waals surface area (Å²) in [5.41, 5.74) is 1.55. The topological polar surface area (TPSA) is 49.7 Å². The third kappa shape index (κ3) is 2.78. The number of amides is 2. The van der Waals surface area contributed by atoms with Gasteiger partial charge in [-0.3, -0.25) is 14.5 Å². The predicted octanol–water partition coefficient (Wildman–Crippen LogP) is 2.94. The van der Waals surface area contributed by atoms with Gasteiger partial charge in [-0.25, -0.2) is 4.99 Å². The number of alkyl halides is 1. The van der Waals surface area contributed by atoms with Gasteiger partial charge in [0.15, 0.2) is 5.38 Å². The standard InChI is InChI=1S/C17H13ClN2O2/c18-14-15(19-13-9-5-2-6-10-13)17(22)20(16(14)21)11-12-7-3-1-4-8-12/h1-10,14H,11H2. The van der Waals surface area contributed by atoms with Gasteiger partial charge in [0.1, 0.15) is 5.71 Å². The molecule has 22 heavy (non-hydrogen) atoms.